The molecule has 0 aromatic carbocycles. The van der Waals surface area contributed by atoms with E-state index in [9.17, 15) is 25.5 Å². The lowest BCUT2D eigenvalue weighted by Gasteiger charge is -2.60. The first kappa shape index (κ1) is 30.1. The van der Waals surface area contributed by atoms with Crippen LogP contribution in [-0.2, 0) is 18.9 Å². The number of fused-ring (bicyclic) bond motifs is 7. The molecule has 7 rings (SSSR count). The van der Waals surface area contributed by atoms with Crippen molar-refractivity contribution in [3.63, 3.8) is 0 Å². The zero-order valence-corrected chi connectivity index (χ0v) is 25.6. The number of aliphatic hydroxyl groups is 5. The van der Waals surface area contributed by atoms with Crippen molar-refractivity contribution in [1.29, 1.82) is 0 Å². The minimum Gasteiger partial charge on any atom is -0.394 e. The molecule has 238 valence electrons. The Labute approximate surface area is 249 Å². The number of allylic oxidation sites excluding steroid dienone is 1. The van der Waals surface area contributed by atoms with E-state index in [0.717, 1.165) is 45.1 Å². The summed E-state index contributed by atoms with van der Waals surface area (Å²) in [4.78, 5) is 0. The first-order valence-electron chi connectivity index (χ1n) is 16.6. The highest BCUT2D eigenvalue weighted by Crippen LogP contribution is 2.71. The lowest BCUT2D eigenvalue weighted by Crippen LogP contribution is -2.62. The van der Waals surface area contributed by atoms with Crippen LogP contribution in [0.2, 0.25) is 0 Å². The number of hydrogen-bond donors (Lipinski definition) is 5. The molecule has 3 aliphatic heterocycles. The SMILES string of the molecule is CC1CCC2(OC1)OC1CC3C4CC=C5CC(O)CC(OC6OC(CO)C(O)C(O)C6O)C5(C)C4CCC3(C)C1C2C. The van der Waals surface area contributed by atoms with Gasteiger partial charge in [-0.05, 0) is 73.5 Å². The average Bonchev–Trinajstić information content (AvgIpc) is 3.41. The number of ether oxygens (including phenoxy) is 4. The maximum absolute atomic E-state index is 10.9. The molecule has 9 heteroatoms. The molecule has 17 unspecified atom stereocenters. The predicted octanol–water partition coefficient (Wildman–Crippen LogP) is 2.51. The fourth-order valence-corrected chi connectivity index (χ4v) is 11.2. The molecule has 9 nitrogen and oxygen atoms in total. The highest BCUT2D eigenvalue weighted by molar-refractivity contribution is 5.28. The molecule has 3 saturated heterocycles. The van der Waals surface area contributed by atoms with Gasteiger partial charge in [-0.25, -0.2) is 0 Å². The highest BCUT2D eigenvalue weighted by atomic mass is 16.7. The maximum Gasteiger partial charge on any atom is 0.187 e. The lowest BCUT2D eigenvalue weighted by atomic mass is 9.46. The Balaban J connectivity index is 1.15. The predicted molar refractivity (Wildman–Crippen MR) is 152 cm³/mol. The van der Waals surface area contributed by atoms with E-state index in [1.807, 2.05) is 0 Å². The second-order valence-corrected chi connectivity index (χ2v) is 15.6. The molecule has 0 bridgehead atoms. The third-order valence-corrected chi connectivity index (χ3v) is 13.6. The summed E-state index contributed by atoms with van der Waals surface area (Å²) in [5, 5.41) is 52.1. The van der Waals surface area contributed by atoms with Crippen molar-refractivity contribution in [1.82, 2.24) is 0 Å². The fraction of sp³-hybridized carbons (Fsp3) is 0.939. The summed E-state index contributed by atoms with van der Waals surface area (Å²) in [5.41, 5.74) is 1.02. The van der Waals surface area contributed by atoms with Gasteiger partial charge in [0.2, 0.25) is 0 Å². The van der Waals surface area contributed by atoms with Gasteiger partial charge in [0, 0.05) is 24.2 Å². The molecule has 3 saturated carbocycles. The van der Waals surface area contributed by atoms with Crippen molar-refractivity contribution in [2.24, 2.45) is 46.3 Å². The van der Waals surface area contributed by atoms with Crippen LogP contribution < -0.4 is 0 Å². The van der Waals surface area contributed by atoms with Crippen molar-refractivity contribution >= 4 is 0 Å². The molecule has 6 fully saturated rings. The van der Waals surface area contributed by atoms with E-state index in [0.29, 0.717) is 48.3 Å². The largest absolute Gasteiger partial charge is 0.394 e. The Morgan fingerprint density at radius 1 is 0.976 bits per heavy atom. The van der Waals surface area contributed by atoms with Crippen LogP contribution in [0.4, 0.5) is 0 Å². The van der Waals surface area contributed by atoms with Gasteiger partial charge < -0.3 is 44.5 Å². The summed E-state index contributed by atoms with van der Waals surface area (Å²) in [6, 6.07) is 0. The molecule has 3 heterocycles. The fourth-order valence-electron chi connectivity index (χ4n) is 11.2. The van der Waals surface area contributed by atoms with E-state index in [2.05, 4.69) is 33.8 Å². The Morgan fingerprint density at radius 3 is 2.48 bits per heavy atom. The van der Waals surface area contributed by atoms with Gasteiger partial charge in [-0.1, -0.05) is 39.3 Å². The summed E-state index contributed by atoms with van der Waals surface area (Å²) < 4.78 is 25.7. The number of rotatable bonds is 3. The van der Waals surface area contributed by atoms with Gasteiger partial charge in [-0.15, -0.1) is 0 Å². The molecule has 42 heavy (non-hydrogen) atoms. The van der Waals surface area contributed by atoms with E-state index in [-0.39, 0.29) is 16.9 Å². The number of aliphatic hydroxyl groups excluding tert-OH is 5. The van der Waals surface area contributed by atoms with Crippen LogP contribution in [0.5, 0.6) is 0 Å². The van der Waals surface area contributed by atoms with E-state index in [4.69, 9.17) is 18.9 Å². The molecule has 17 atom stereocenters. The standard InChI is InChI=1S/C33H52O9/c1-16-7-10-33(39-15-16)17(2)26-23(42-33)13-22-20-6-5-18-11-19(35)12-25(32(18,4)21(20)8-9-31(22,26)3)41-30-29(38)28(37)27(36)24(14-34)40-30/h5,16-17,19-30,34-38H,6-15H2,1-4H3. The summed E-state index contributed by atoms with van der Waals surface area (Å²) in [6.07, 6.45) is 2.28. The Bertz CT molecular complexity index is 1060. The summed E-state index contributed by atoms with van der Waals surface area (Å²) >= 11 is 0. The van der Waals surface area contributed by atoms with E-state index in [1.54, 1.807) is 0 Å². The van der Waals surface area contributed by atoms with Gasteiger partial charge in [0.05, 0.1) is 31.5 Å². The normalized spacial score (nSPS) is 59.0. The molecule has 5 N–H and O–H groups in total. The van der Waals surface area contributed by atoms with Gasteiger partial charge in [-0.3, -0.25) is 0 Å². The van der Waals surface area contributed by atoms with Crippen LogP contribution in [0.1, 0.15) is 79.1 Å². The molecule has 0 amide bonds. The van der Waals surface area contributed by atoms with Gasteiger partial charge in [0.1, 0.15) is 24.4 Å². The molecule has 7 aliphatic rings. The Morgan fingerprint density at radius 2 is 1.76 bits per heavy atom. The van der Waals surface area contributed by atoms with Crippen molar-refractivity contribution in [3.05, 3.63) is 11.6 Å². The minimum atomic E-state index is -1.49. The van der Waals surface area contributed by atoms with Gasteiger partial charge in [0.15, 0.2) is 12.1 Å². The third kappa shape index (κ3) is 4.21. The highest BCUT2D eigenvalue weighted by Gasteiger charge is 2.69. The average molecular weight is 593 g/mol. The van der Waals surface area contributed by atoms with Crippen molar-refractivity contribution < 1.29 is 44.5 Å². The second kappa shape index (κ2) is 10.5. The van der Waals surface area contributed by atoms with Crippen LogP contribution in [0, 0.1) is 46.3 Å². The lowest BCUT2D eigenvalue weighted by molar-refractivity contribution is -0.324. The Kier molecular flexibility index (Phi) is 7.48. The van der Waals surface area contributed by atoms with E-state index in [1.165, 1.54) is 5.57 Å². The summed E-state index contributed by atoms with van der Waals surface area (Å²) in [5.74, 6) is 2.31. The zero-order chi connectivity index (χ0) is 29.8. The van der Waals surface area contributed by atoms with Gasteiger partial charge >= 0.3 is 0 Å². The van der Waals surface area contributed by atoms with Gasteiger partial charge in [0.25, 0.3) is 0 Å². The van der Waals surface area contributed by atoms with E-state index < -0.39 is 55.3 Å². The van der Waals surface area contributed by atoms with Gasteiger partial charge in [-0.2, -0.15) is 0 Å². The molecule has 4 aliphatic carbocycles. The topological polar surface area (TPSA) is 138 Å². The summed E-state index contributed by atoms with van der Waals surface area (Å²) in [7, 11) is 0. The minimum absolute atomic E-state index is 0.171. The maximum atomic E-state index is 10.9. The van der Waals surface area contributed by atoms with Crippen LogP contribution in [0.25, 0.3) is 0 Å². The number of hydrogen-bond acceptors (Lipinski definition) is 9. The zero-order valence-electron chi connectivity index (χ0n) is 25.6. The first-order chi connectivity index (χ1) is 19.9. The Hall–Kier alpha value is -0.620. The molecular weight excluding hydrogens is 540 g/mol. The monoisotopic (exact) mass is 592 g/mol. The van der Waals surface area contributed by atoms with Crippen LogP contribution in [0.15, 0.2) is 11.6 Å². The smallest absolute Gasteiger partial charge is 0.187 e. The van der Waals surface area contributed by atoms with E-state index >= 15 is 0 Å². The molecule has 0 aromatic rings. The van der Waals surface area contributed by atoms with Crippen molar-refractivity contribution in [2.75, 3.05) is 13.2 Å². The molecular formula is C33H52O9. The van der Waals surface area contributed by atoms with Crippen LogP contribution in [0.3, 0.4) is 0 Å². The molecule has 0 radical (unpaired) electrons. The summed E-state index contributed by atoms with van der Waals surface area (Å²) in [6.45, 7) is 9.68. The molecule has 1 spiro atoms. The van der Waals surface area contributed by atoms with Crippen LogP contribution >= 0.6 is 0 Å². The van der Waals surface area contributed by atoms with Crippen molar-refractivity contribution in [2.45, 2.75) is 134 Å². The van der Waals surface area contributed by atoms with Crippen molar-refractivity contribution in [3.8, 4) is 0 Å². The molecule has 0 aromatic heterocycles. The second-order valence-electron chi connectivity index (χ2n) is 15.6. The third-order valence-electron chi connectivity index (χ3n) is 13.6. The quantitative estimate of drug-likeness (QED) is 0.313. The van der Waals surface area contributed by atoms with Crippen LogP contribution in [-0.4, -0.2) is 93.6 Å². The first-order valence-corrected chi connectivity index (χ1v) is 16.6.